The molecule has 0 N–H and O–H groups in total. The van der Waals surface area contributed by atoms with Crippen molar-refractivity contribution in [3.63, 3.8) is 0 Å². The van der Waals surface area contributed by atoms with Crippen LogP contribution < -0.4 is 0 Å². The molecular formula is C16H16ClNOS. The molecule has 104 valence electrons. The summed E-state index contributed by atoms with van der Waals surface area (Å²) < 4.78 is 0. The molecule has 2 aromatic rings. The Morgan fingerprint density at radius 2 is 1.85 bits per heavy atom. The second-order valence-corrected chi connectivity index (χ2v) is 6.55. The predicted octanol–water partition coefficient (Wildman–Crippen LogP) is 4.72. The molecule has 1 aromatic heterocycles. The van der Waals surface area contributed by atoms with E-state index in [0.717, 1.165) is 16.3 Å². The monoisotopic (exact) mass is 305 g/mol. The fourth-order valence-electron chi connectivity index (χ4n) is 1.95. The maximum absolute atomic E-state index is 12.3. The van der Waals surface area contributed by atoms with E-state index in [1.807, 2.05) is 32.9 Å². The minimum absolute atomic E-state index is 0.0904. The van der Waals surface area contributed by atoms with Gasteiger partial charge in [-0.2, -0.15) is 0 Å². The minimum Gasteiger partial charge on any atom is -0.293 e. The number of nitrogens with zero attached hydrogens (tertiary/aromatic N) is 1. The van der Waals surface area contributed by atoms with Crippen molar-refractivity contribution in [3.05, 3.63) is 58.2 Å². The smallest absolute Gasteiger partial charge is 0.175 e. The van der Waals surface area contributed by atoms with Gasteiger partial charge in [0.15, 0.2) is 5.78 Å². The first kappa shape index (κ1) is 15.1. The first-order chi connectivity index (χ1) is 9.45. The molecule has 0 fully saturated rings. The van der Waals surface area contributed by atoms with E-state index in [9.17, 15) is 4.79 Å². The molecule has 2 rings (SSSR count). The fourth-order valence-corrected chi connectivity index (χ4v) is 3.13. The van der Waals surface area contributed by atoms with Gasteiger partial charge in [0.2, 0.25) is 0 Å². The lowest BCUT2D eigenvalue weighted by atomic mass is 10.1. The Labute approximate surface area is 128 Å². The molecule has 0 aliphatic carbocycles. The summed E-state index contributed by atoms with van der Waals surface area (Å²) in [5, 5.41) is 1.35. The quantitative estimate of drug-likeness (QED) is 0.605. The van der Waals surface area contributed by atoms with Crippen molar-refractivity contribution in [2.75, 3.05) is 0 Å². The molecule has 0 saturated heterocycles. The molecule has 1 atom stereocenters. The Morgan fingerprint density at radius 3 is 2.45 bits per heavy atom. The van der Waals surface area contributed by atoms with E-state index in [1.165, 1.54) is 11.8 Å². The van der Waals surface area contributed by atoms with E-state index < -0.39 is 0 Å². The molecule has 1 unspecified atom stereocenters. The van der Waals surface area contributed by atoms with Gasteiger partial charge in [0.05, 0.1) is 10.3 Å². The van der Waals surface area contributed by atoms with Gasteiger partial charge in [-0.3, -0.25) is 4.79 Å². The molecule has 0 spiro atoms. The molecule has 0 amide bonds. The molecule has 20 heavy (non-hydrogen) atoms. The standard InChI is InChI=1S/C16H16ClNOS/c1-10-8-11(2)18-15(9-10)20-12(3)16(19)13-4-6-14(17)7-5-13/h4-9,12H,1-3H3. The topological polar surface area (TPSA) is 30.0 Å². The molecule has 0 radical (unpaired) electrons. The highest BCUT2D eigenvalue weighted by Crippen LogP contribution is 2.25. The van der Waals surface area contributed by atoms with E-state index in [0.29, 0.717) is 10.6 Å². The first-order valence-corrected chi connectivity index (χ1v) is 7.63. The van der Waals surface area contributed by atoms with Crippen molar-refractivity contribution in [2.45, 2.75) is 31.0 Å². The van der Waals surface area contributed by atoms with Crippen LogP contribution in [0.2, 0.25) is 5.02 Å². The summed E-state index contributed by atoms with van der Waals surface area (Å²) in [6, 6.07) is 11.0. The van der Waals surface area contributed by atoms with Crippen LogP contribution in [0.25, 0.3) is 0 Å². The van der Waals surface area contributed by atoms with Crippen LogP contribution in [0, 0.1) is 13.8 Å². The van der Waals surface area contributed by atoms with Gasteiger partial charge in [0.25, 0.3) is 0 Å². The number of carbonyl (C=O) groups is 1. The van der Waals surface area contributed by atoms with Crippen LogP contribution in [-0.2, 0) is 0 Å². The van der Waals surface area contributed by atoms with Crippen molar-refractivity contribution < 1.29 is 4.79 Å². The normalized spacial score (nSPS) is 12.2. The summed E-state index contributed by atoms with van der Waals surface area (Å²) in [6.07, 6.45) is 0. The van der Waals surface area contributed by atoms with Crippen molar-refractivity contribution in [1.82, 2.24) is 4.98 Å². The van der Waals surface area contributed by atoms with Crippen LogP contribution in [0.4, 0.5) is 0 Å². The second kappa shape index (κ2) is 6.42. The molecule has 4 heteroatoms. The number of hydrogen-bond acceptors (Lipinski definition) is 3. The zero-order chi connectivity index (χ0) is 14.7. The average molecular weight is 306 g/mol. The number of aromatic nitrogens is 1. The van der Waals surface area contributed by atoms with Crippen molar-refractivity contribution in [1.29, 1.82) is 0 Å². The number of carbonyl (C=O) groups excluding carboxylic acids is 1. The Kier molecular flexibility index (Phi) is 4.84. The van der Waals surface area contributed by atoms with Crippen LogP contribution in [0.3, 0.4) is 0 Å². The number of ketones is 1. The lowest BCUT2D eigenvalue weighted by Gasteiger charge is -2.11. The van der Waals surface area contributed by atoms with Gasteiger partial charge in [-0.05, 0) is 62.7 Å². The molecule has 0 aliphatic heterocycles. The van der Waals surface area contributed by atoms with Gasteiger partial charge in [-0.25, -0.2) is 4.98 Å². The highest BCUT2D eigenvalue weighted by Gasteiger charge is 2.17. The highest BCUT2D eigenvalue weighted by atomic mass is 35.5. The van der Waals surface area contributed by atoms with E-state index in [2.05, 4.69) is 4.98 Å². The number of pyridine rings is 1. The van der Waals surface area contributed by atoms with Crippen LogP contribution in [0.5, 0.6) is 0 Å². The van der Waals surface area contributed by atoms with Gasteiger partial charge in [-0.15, -0.1) is 0 Å². The zero-order valence-corrected chi connectivity index (χ0v) is 13.3. The molecule has 0 bridgehead atoms. The fraction of sp³-hybridized carbons (Fsp3) is 0.250. The summed E-state index contributed by atoms with van der Waals surface area (Å²) >= 11 is 7.32. The third kappa shape index (κ3) is 3.84. The SMILES string of the molecule is Cc1cc(C)nc(SC(C)C(=O)c2ccc(Cl)cc2)c1. The molecule has 1 heterocycles. The van der Waals surface area contributed by atoms with Gasteiger partial charge in [0, 0.05) is 16.3 Å². The number of thioether (sulfide) groups is 1. The number of hydrogen-bond donors (Lipinski definition) is 0. The van der Waals surface area contributed by atoms with Crippen LogP contribution in [0.1, 0.15) is 28.5 Å². The number of benzene rings is 1. The first-order valence-electron chi connectivity index (χ1n) is 6.37. The third-order valence-corrected chi connectivity index (χ3v) is 4.14. The molecular weight excluding hydrogens is 290 g/mol. The summed E-state index contributed by atoms with van der Waals surface area (Å²) in [4.78, 5) is 16.8. The van der Waals surface area contributed by atoms with Crippen LogP contribution >= 0.6 is 23.4 Å². The second-order valence-electron chi connectivity index (χ2n) is 4.76. The number of halogens is 1. The van der Waals surface area contributed by atoms with Crippen LogP contribution in [0.15, 0.2) is 41.4 Å². The minimum atomic E-state index is -0.176. The lowest BCUT2D eigenvalue weighted by Crippen LogP contribution is -2.13. The molecule has 0 aliphatic rings. The maximum atomic E-state index is 12.3. The van der Waals surface area contributed by atoms with E-state index in [4.69, 9.17) is 11.6 Å². The number of rotatable bonds is 4. The summed E-state index contributed by atoms with van der Waals surface area (Å²) in [7, 11) is 0. The van der Waals surface area contributed by atoms with Gasteiger partial charge < -0.3 is 0 Å². The maximum Gasteiger partial charge on any atom is 0.175 e. The molecule has 0 saturated carbocycles. The Morgan fingerprint density at radius 1 is 1.20 bits per heavy atom. The van der Waals surface area contributed by atoms with E-state index in [-0.39, 0.29) is 11.0 Å². The van der Waals surface area contributed by atoms with Crippen molar-refractivity contribution >= 4 is 29.1 Å². The van der Waals surface area contributed by atoms with E-state index in [1.54, 1.807) is 24.3 Å². The number of Topliss-reactive ketones (excluding diaryl/α,β-unsaturated/α-hetero) is 1. The zero-order valence-electron chi connectivity index (χ0n) is 11.7. The lowest BCUT2D eigenvalue weighted by molar-refractivity contribution is 0.0994. The Bertz CT molecular complexity index is 605. The average Bonchev–Trinajstić information content (AvgIpc) is 2.37. The summed E-state index contributed by atoms with van der Waals surface area (Å²) in [5.41, 5.74) is 2.81. The van der Waals surface area contributed by atoms with Crippen molar-refractivity contribution in [3.8, 4) is 0 Å². The van der Waals surface area contributed by atoms with Crippen LogP contribution in [-0.4, -0.2) is 16.0 Å². The molecule has 1 aromatic carbocycles. The molecule has 2 nitrogen and oxygen atoms in total. The van der Waals surface area contributed by atoms with Gasteiger partial charge in [0.1, 0.15) is 0 Å². The van der Waals surface area contributed by atoms with Gasteiger partial charge in [-0.1, -0.05) is 23.4 Å². The Hall–Kier alpha value is -1.32. The van der Waals surface area contributed by atoms with E-state index >= 15 is 0 Å². The predicted molar refractivity (Wildman–Crippen MR) is 84.8 cm³/mol. The highest BCUT2D eigenvalue weighted by molar-refractivity contribution is 8.00. The third-order valence-electron chi connectivity index (χ3n) is 2.87. The summed E-state index contributed by atoms with van der Waals surface area (Å²) in [6.45, 7) is 5.90. The summed E-state index contributed by atoms with van der Waals surface area (Å²) in [5.74, 6) is 0.0904. The number of aryl methyl sites for hydroxylation is 2. The van der Waals surface area contributed by atoms with Crippen molar-refractivity contribution in [2.24, 2.45) is 0 Å². The van der Waals surface area contributed by atoms with Gasteiger partial charge >= 0.3 is 0 Å². The largest absolute Gasteiger partial charge is 0.293 e. The Balaban J connectivity index is 2.13.